The molecule has 0 aliphatic rings. The van der Waals surface area contributed by atoms with Gasteiger partial charge in [0.05, 0.1) is 17.2 Å². The zero-order chi connectivity index (χ0) is 15.6. The van der Waals surface area contributed by atoms with Gasteiger partial charge in [-0.15, -0.1) is 11.3 Å². The highest BCUT2D eigenvalue weighted by Gasteiger charge is 2.14. The fourth-order valence-electron chi connectivity index (χ4n) is 2.12. The second kappa shape index (κ2) is 5.98. The van der Waals surface area contributed by atoms with Crippen LogP contribution in [0.1, 0.15) is 52.3 Å². The van der Waals surface area contributed by atoms with Crippen molar-refractivity contribution in [1.29, 1.82) is 0 Å². The summed E-state index contributed by atoms with van der Waals surface area (Å²) >= 11 is 1.63. The fraction of sp³-hybridized carbons (Fsp3) is 0.412. The summed E-state index contributed by atoms with van der Waals surface area (Å²) < 4.78 is 0. The van der Waals surface area contributed by atoms with Gasteiger partial charge in [-0.25, -0.2) is 4.98 Å². The van der Waals surface area contributed by atoms with Gasteiger partial charge in [0, 0.05) is 10.4 Å². The summed E-state index contributed by atoms with van der Waals surface area (Å²) in [6.45, 7) is 11.0. The van der Waals surface area contributed by atoms with E-state index in [-0.39, 0.29) is 11.3 Å². The van der Waals surface area contributed by atoms with E-state index in [4.69, 9.17) is 0 Å². The Bertz CT molecular complexity index is 636. The summed E-state index contributed by atoms with van der Waals surface area (Å²) in [5.74, 6) is -0.0408. The molecular formula is C17H22N2OS. The van der Waals surface area contributed by atoms with E-state index in [0.29, 0.717) is 12.1 Å². The third-order valence-corrected chi connectivity index (χ3v) is 4.50. The van der Waals surface area contributed by atoms with Gasteiger partial charge in [-0.05, 0) is 37.0 Å². The van der Waals surface area contributed by atoms with Crippen molar-refractivity contribution < 1.29 is 4.79 Å². The smallest absolute Gasteiger partial charge is 0.251 e. The molecule has 4 heteroatoms. The quantitative estimate of drug-likeness (QED) is 0.931. The lowest BCUT2D eigenvalue weighted by Crippen LogP contribution is -2.23. The zero-order valence-corrected chi connectivity index (χ0v) is 14.1. The van der Waals surface area contributed by atoms with E-state index in [1.165, 1.54) is 5.56 Å². The van der Waals surface area contributed by atoms with Crippen LogP contribution in [-0.2, 0) is 12.0 Å². The van der Waals surface area contributed by atoms with Gasteiger partial charge < -0.3 is 5.32 Å². The Labute approximate surface area is 130 Å². The van der Waals surface area contributed by atoms with Crippen LogP contribution in [0.25, 0.3) is 0 Å². The van der Waals surface area contributed by atoms with Gasteiger partial charge in [0.15, 0.2) is 0 Å². The molecule has 0 atom stereocenters. The first-order valence-corrected chi connectivity index (χ1v) is 7.90. The lowest BCUT2D eigenvalue weighted by Gasteiger charge is -2.19. The van der Waals surface area contributed by atoms with Crippen LogP contribution in [0.3, 0.4) is 0 Å². The van der Waals surface area contributed by atoms with Crippen LogP contribution in [0, 0.1) is 13.8 Å². The van der Waals surface area contributed by atoms with Crippen LogP contribution in [0.4, 0.5) is 0 Å². The second-order valence-corrected chi connectivity index (χ2v) is 7.54. The minimum Gasteiger partial charge on any atom is -0.347 e. The van der Waals surface area contributed by atoms with Crippen molar-refractivity contribution in [3.63, 3.8) is 0 Å². The standard InChI is InChI=1S/C17H22N2OS/c1-11-15(21-12(2)19-11)10-18-16(20)13-6-8-14(9-7-13)17(3,4)5/h6-9H,10H2,1-5H3,(H,18,20). The van der Waals surface area contributed by atoms with Crippen LogP contribution in [0.5, 0.6) is 0 Å². The molecule has 0 bridgehead atoms. The number of benzene rings is 1. The Balaban J connectivity index is 2.02. The minimum absolute atomic E-state index is 0.0408. The monoisotopic (exact) mass is 302 g/mol. The fourth-order valence-corrected chi connectivity index (χ4v) is 3.00. The highest BCUT2D eigenvalue weighted by molar-refractivity contribution is 7.11. The molecule has 2 aromatic rings. The third kappa shape index (κ3) is 3.91. The van der Waals surface area contributed by atoms with Gasteiger partial charge in [-0.3, -0.25) is 4.79 Å². The predicted octanol–water partition coefficient (Wildman–Crippen LogP) is 3.99. The zero-order valence-electron chi connectivity index (χ0n) is 13.3. The number of aryl methyl sites for hydroxylation is 2. The molecule has 21 heavy (non-hydrogen) atoms. The normalized spacial score (nSPS) is 11.5. The van der Waals surface area contributed by atoms with Crippen LogP contribution < -0.4 is 5.32 Å². The first-order valence-electron chi connectivity index (χ1n) is 7.09. The SMILES string of the molecule is Cc1nc(C)c(CNC(=O)c2ccc(C(C)(C)C)cc2)s1. The molecule has 0 fully saturated rings. The molecule has 0 aliphatic carbocycles. The number of hydrogen-bond acceptors (Lipinski definition) is 3. The number of thiazole rings is 1. The number of carbonyl (C=O) groups is 1. The molecule has 0 saturated heterocycles. The Kier molecular flexibility index (Phi) is 4.47. The molecule has 1 aromatic heterocycles. The average molecular weight is 302 g/mol. The Morgan fingerprint density at radius 1 is 1.19 bits per heavy atom. The molecule has 0 radical (unpaired) electrons. The topological polar surface area (TPSA) is 42.0 Å². The number of aromatic nitrogens is 1. The molecule has 2 rings (SSSR count). The molecule has 0 unspecified atom stereocenters. The molecule has 0 spiro atoms. The maximum atomic E-state index is 12.2. The Hall–Kier alpha value is -1.68. The number of hydrogen-bond donors (Lipinski definition) is 1. The molecule has 1 N–H and O–H groups in total. The van der Waals surface area contributed by atoms with Gasteiger partial charge in [-0.1, -0.05) is 32.9 Å². The van der Waals surface area contributed by atoms with Gasteiger partial charge >= 0.3 is 0 Å². The molecule has 112 valence electrons. The number of nitrogens with zero attached hydrogens (tertiary/aromatic N) is 1. The van der Waals surface area contributed by atoms with Gasteiger partial charge in [0.1, 0.15) is 0 Å². The first-order chi connectivity index (χ1) is 9.77. The highest BCUT2D eigenvalue weighted by Crippen LogP contribution is 2.22. The average Bonchev–Trinajstić information content (AvgIpc) is 2.73. The number of carbonyl (C=O) groups excluding carboxylic acids is 1. The van der Waals surface area contributed by atoms with Gasteiger partial charge in [0.2, 0.25) is 0 Å². The first kappa shape index (κ1) is 15.7. The summed E-state index contributed by atoms with van der Waals surface area (Å²) in [7, 11) is 0. The summed E-state index contributed by atoms with van der Waals surface area (Å²) in [5.41, 5.74) is 3.03. The van der Waals surface area contributed by atoms with E-state index in [9.17, 15) is 4.79 Å². The maximum Gasteiger partial charge on any atom is 0.251 e. The van der Waals surface area contributed by atoms with Crippen molar-refractivity contribution >= 4 is 17.2 Å². The molecule has 3 nitrogen and oxygen atoms in total. The molecule has 1 aromatic carbocycles. The van der Waals surface area contributed by atoms with E-state index >= 15 is 0 Å². The van der Waals surface area contributed by atoms with Crippen LogP contribution >= 0.6 is 11.3 Å². The van der Waals surface area contributed by atoms with Gasteiger partial charge in [-0.2, -0.15) is 0 Å². The number of rotatable bonds is 3. The molecule has 0 aliphatic heterocycles. The van der Waals surface area contributed by atoms with Crippen molar-refractivity contribution in [2.45, 2.75) is 46.6 Å². The molecule has 0 saturated carbocycles. The highest BCUT2D eigenvalue weighted by atomic mass is 32.1. The Morgan fingerprint density at radius 3 is 2.29 bits per heavy atom. The molecule has 1 heterocycles. The lowest BCUT2D eigenvalue weighted by atomic mass is 9.87. The maximum absolute atomic E-state index is 12.2. The predicted molar refractivity (Wildman–Crippen MR) is 87.9 cm³/mol. The summed E-state index contributed by atoms with van der Waals surface area (Å²) in [6.07, 6.45) is 0. The number of nitrogens with one attached hydrogen (secondary N) is 1. The van der Waals surface area contributed by atoms with Crippen molar-refractivity contribution in [2.75, 3.05) is 0 Å². The van der Waals surface area contributed by atoms with Crippen molar-refractivity contribution in [3.05, 3.63) is 51.0 Å². The van der Waals surface area contributed by atoms with Crippen molar-refractivity contribution in [2.24, 2.45) is 0 Å². The Morgan fingerprint density at radius 2 is 1.81 bits per heavy atom. The van der Waals surface area contributed by atoms with Crippen LogP contribution in [-0.4, -0.2) is 10.9 Å². The molecular weight excluding hydrogens is 280 g/mol. The van der Waals surface area contributed by atoms with E-state index in [2.05, 4.69) is 31.1 Å². The van der Waals surface area contributed by atoms with Crippen molar-refractivity contribution in [3.8, 4) is 0 Å². The summed E-state index contributed by atoms with van der Waals surface area (Å²) in [4.78, 5) is 17.7. The minimum atomic E-state index is -0.0408. The summed E-state index contributed by atoms with van der Waals surface area (Å²) in [6, 6.07) is 7.83. The number of amides is 1. The largest absolute Gasteiger partial charge is 0.347 e. The van der Waals surface area contributed by atoms with E-state index < -0.39 is 0 Å². The summed E-state index contributed by atoms with van der Waals surface area (Å²) in [5, 5.41) is 3.99. The molecule has 1 amide bonds. The van der Waals surface area contributed by atoms with Crippen LogP contribution in [0.15, 0.2) is 24.3 Å². The second-order valence-electron chi connectivity index (χ2n) is 6.25. The van der Waals surface area contributed by atoms with Crippen molar-refractivity contribution in [1.82, 2.24) is 10.3 Å². The van der Waals surface area contributed by atoms with E-state index in [1.54, 1.807) is 11.3 Å². The van der Waals surface area contributed by atoms with E-state index in [1.807, 2.05) is 38.1 Å². The van der Waals surface area contributed by atoms with Crippen LogP contribution in [0.2, 0.25) is 0 Å². The third-order valence-electron chi connectivity index (χ3n) is 3.42. The lowest BCUT2D eigenvalue weighted by molar-refractivity contribution is 0.0951. The van der Waals surface area contributed by atoms with Gasteiger partial charge in [0.25, 0.3) is 5.91 Å². The van der Waals surface area contributed by atoms with E-state index in [0.717, 1.165) is 15.6 Å².